The molecule has 1 unspecified atom stereocenters. The number of carboxylic acids is 1. The lowest BCUT2D eigenvalue weighted by molar-refractivity contribution is -0.154. The fourth-order valence-corrected chi connectivity index (χ4v) is 2.21. The second kappa shape index (κ2) is 7.47. The van der Waals surface area contributed by atoms with Crippen LogP contribution in [0, 0.1) is 0 Å². The quantitative estimate of drug-likeness (QED) is 0.864. The molecule has 10 heteroatoms. The lowest BCUT2D eigenvalue weighted by Gasteiger charge is -2.34. The van der Waals surface area contributed by atoms with E-state index in [1.165, 1.54) is 23.1 Å². The Morgan fingerprint density at radius 3 is 2.83 bits per heavy atom. The van der Waals surface area contributed by atoms with Crippen molar-refractivity contribution in [3.8, 4) is 5.88 Å². The Hall–Kier alpha value is -2.36. The largest absolute Gasteiger partial charge is 0.481 e. The molecule has 1 aliphatic rings. The highest BCUT2D eigenvalue weighted by Gasteiger charge is 2.31. The number of alkyl halides is 3. The SMILES string of the molecule is O=C(O)CC1COCCN1C(=O)c1cccc(OCC(F)(F)F)n1. The van der Waals surface area contributed by atoms with Crippen LogP contribution < -0.4 is 4.74 Å². The fourth-order valence-electron chi connectivity index (χ4n) is 2.21. The summed E-state index contributed by atoms with van der Waals surface area (Å²) in [5.41, 5.74) is -0.119. The van der Waals surface area contributed by atoms with Gasteiger partial charge in [-0.25, -0.2) is 4.98 Å². The van der Waals surface area contributed by atoms with Crippen molar-refractivity contribution in [2.45, 2.75) is 18.6 Å². The summed E-state index contributed by atoms with van der Waals surface area (Å²) in [6.45, 7) is -1.03. The number of aliphatic carboxylic acids is 1. The third kappa shape index (κ3) is 5.08. The summed E-state index contributed by atoms with van der Waals surface area (Å²) < 4.78 is 46.2. The summed E-state index contributed by atoms with van der Waals surface area (Å²) in [5, 5.41) is 8.89. The minimum absolute atomic E-state index is 0.0717. The van der Waals surface area contributed by atoms with Gasteiger partial charge in [-0.2, -0.15) is 13.2 Å². The first-order chi connectivity index (χ1) is 11.3. The van der Waals surface area contributed by atoms with E-state index in [1.54, 1.807) is 0 Å². The summed E-state index contributed by atoms with van der Waals surface area (Å²) >= 11 is 0. The number of hydrogen-bond donors (Lipinski definition) is 1. The molecule has 1 fully saturated rings. The monoisotopic (exact) mass is 348 g/mol. The van der Waals surface area contributed by atoms with Crippen LogP contribution in [0.1, 0.15) is 16.9 Å². The van der Waals surface area contributed by atoms with Crippen LogP contribution in [-0.4, -0.2) is 65.5 Å². The highest BCUT2D eigenvalue weighted by molar-refractivity contribution is 5.93. The first-order valence-electron chi connectivity index (χ1n) is 7.03. The zero-order valence-electron chi connectivity index (χ0n) is 12.5. The Morgan fingerprint density at radius 1 is 1.42 bits per heavy atom. The van der Waals surface area contributed by atoms with Crippen LogP contribution in [0.3, 0.4) is 0 Å². The molecule has 1 aromatic heterocycles. The molecule has 1 aliphatic heterocycles. The molecule has 1 N–H and O–H groups in total. The molecule has 0 spiro atoms. The van der Waals surface area contributed by atoms with E-state index in [2.05, 4.69) is 9.72 Å². The Morgan fingerprint density at radius 2 is 2.17 bits per heavy atom. The number of pyridine rings is 1. The number of aromatic nitrogens is 1. The van der Waals surface area contributed by atoms with Gasteiger partial charge in [0.25, 0.3) is 5.91 Å². The van der Waals surface area contributed by atoms with Crippen molar-refractivity contribution in [2.24, 2.45) is 0 Å². The molecule has 2 rings (SSSR count). The van der Waals surface area contributed by atoms with Gasteiger partial charge in [0.1, 0.15) is 5.69 Å². The number of carbonyl (C=O) groups is 2. The minimum atomic E-state index is -4.52. The second-order valence-electron chi connectivity index (χ2n) is 5.09. The molecule has 24 heavy (non-hydrogen) atoms. The van der Waals surface area contributed by atoms with E-state index < -0.39 is 30.7 Å². The number of ether oxygens (including phenoxy) is 2. The van der Waals surface area contributed by atoms with Gasteiger partial charge < -0.3 is 19.5 Å². The van der Waals surface area contributed by atoms with E-state index in [0.717, 1.165) is 0 Å². The molecular formula is C14H15F3N2O5. The second-order valence-corrected chi connectivity index (χ2v) is 5.09. The Labute approximate surface area is 135 Å². The third-order valence-corrected chi connectivity index (χ3v) is 3.23. The lowest BCUT2D eigenvalue weighted by Crippen LogP contribution is -2.49. The van der Waals surface area contributed by atoms with Crippen molar-refractivity contribution < 1.29 is 37.3 Å². The fraction of sp³-hybridized carbons (Fsp3) is 0.500. The molecule has 1 aromatic rings. The number of hydrogen-bond acceptors (Lipinski definition) is 5. The van der Waals surface area contributed by atoms with Gasteiger partial charge in [0.05, 0.1) is 25.7 Å². The van der Waals surface area contributed by atoms with Crippen molar-refractivity contribution in [2.75, 3.05) is 26.4 Å². The first kappa shape index (κ1) is 18.0. The van der Waals surface area contributed by atoms with Gasteiger partial charge in [-0.15, -0.1) is 0 Å². The topological polar surface area (TPSA) is 89.0 Å². The Balaban J connectivity index is 2.11. The number of nitrogens with zero attached hydrogens (tertiary/aromatic N) is 2. The maximum absolute atomic E-state index is 12.5. The van der Waals surface area contributed by atoms with E-state index in [-0.39, 0.29) is 37.8 Å². The van der Waals surface area contributed by atoms with Gasteiger partial charge in [0.15, 0.2) is 6.61 Å². The standard InChI is InChI=1S/C14H15F3N2O5/c15-14(16,17)8-24-11-3-1-2-10(18-11)13(22)19-4-5-23-7-9(19)6-12(20)21/h1-3,9H,4-8H2,(H,20,21). The smallest absolute Gasteiger partial charge is 0.422 e. The summed E-state index contributed by atoms with van der Waals surface area (Å²) in [6.07, 6.45) is -4.81. The van der Waals surface area contributed by atoms with E-state index in [4.69, 9.17) is 9.84 Å². The van der Waals surface area contributed by atoms with Crippen LogP contribution in [0.15, 0.2) is 18.2 Å². The van der Waals surface area contributed by atoms with E-state index in [9.17, 15) is 22.8 Å². The molecule has 0 saturated carbocycles. The molecule has 132 valence electrons. The number of halogens is 3. The molecule has 0 radical (unpaired) electrons. The van der Waals surface area contributed by atoms with Crippen LogP contribution in [0.5, 0.6) is 5.88 Å². The van der Waals surface area contributed by atoms with E-state index >= 15 is 0 Å². The molecule has 0 bridgehead atoms. The zero-order chi connectivity index (χ0) is 17.7. The molecule has 1 atom stereocenters. The maximum Gasteiger partial charge on any atom is 0.422 e. The molecule has 1 amide bonds. The third-order valence-electron chi connectivity index (χ3n) is 3.23. The van der Waals surface area contributed by atoms with E-state index in [0.29, 0.717) is 0 Å². The van der Waals surface area contributed by atoms with Crippen LogP contribution in [0.2, 0.25) is 0 Å². The van der Waals surface area contributed by atoms with Gasteiger partial charge in [-0.05, 0) is 6.07 Å². The number of rotatable bonds is 5. The molecule has 0 aromatic carbocycles. The summed E-state index contributed by atoms with van der Waals surface area (Å²) in [5.74, 6) is -2.00. The normalized spacial score (nSPS) is 18.3. The average Bonchev–Trinajstić information content (AvgIpc) is 2.52. The maximum atomic E-state index is 12.5. The Bertz CT molecular complexity index is 608. The molecule has 7 nitrogen and oxygen atoms in total. The van der Waals surface area contributed by atoms with Crippen LogP contribution in [-0.2, 0) is 9.53 Å². The number of carboxylic acid groups (broad SMARTS) is 1. The predicted molar refractivity (Wildman–Crippen MR) is 73.7 cm³/mol. The van der Waals surface area contributed by atoms with Crippen LogP contribution in [0.4, 0.5) is 13.2 Å². The first-order valence-corrected chi connectivity index (χ1v) is 7.03. The minimum Gasteiger partial charge on any atom is -0.481 e. The van der Waals surface area contributed by atoms with Gasteiger partial charge in [0, 0.05) is 12.6 Å². The molecular weight excluding hydrogens is 333 g/mol. The van der Waals surface area contributed by atoms with Crippen molar-refractivity contribution in [1.82, 2.24) is 9.88 Å². The van der Waals surface area contributed by atoms with Gasteiger partial charge in [0.2, 0.25) is 5.88 Å². The lowest BCUT2D eigenvalue weighted by atomic mass is 10.1. The van der Waals surface area contributed by atoms with E-state index in [1.807, 2.05) is 0 Å². The van der Waals surface area contributed by atoms with Crippen molar-refractivity contribution >= 4 is 11.9 Å². The summed E-state index contributed by atoms with van der Waals surface area (Å²) in [6, 6.07) is 3.22. The van der Waals surface area contributed by atoms with Crippen molar-refractivity contribution in [3.05, 3.63) is 23.9 Å². The van der Waals surface area contributed by atoms with Crippen LogP contribution in [0.25, 0.3) is 0 Å². The molecule has 2 heterocycles. The Kier molecular flexibility index (Phi) is 5.60. The summed E-state index contributed by atoms with van der Waals surface area (Å²) in [7, 11) is 0. The van der Waals surface area contributed by atoms with Gasteiger partial charge in [-0.1, -0.05) is 6.07 Å². The summed E-state index contributed by atoms with van der Waals surface area (Å²) in [4.78, 5) is 28.4. The average molecular weight is 348 g/mol. The van der Waals surface area contributed by atoms with Crippen molar-refractivity contribution in [1.29, 1.82) is 0 Å². The highest BCUT2D eigenvalue weighted by atomic mass is 19.4. The molecule has 0 aliphatic carbocycles. The van der Waals surface area contributed by atoms with Crippen LogP contribution >= 0.6 is 0 Å². The number of morpholine rings is 1. The van der Waals surface area contributed by atoms with Crippen molar-refractivity contribution in [3.63, 3.8) is 0 Å². The zero-order valence-corrected chi connectivity index (χ0v) is 12.5. The predicted octanol–water partition coefficient (Wildman–Crippen LogP) is 1.34. The van der Waals surface area contributed by atoms with Gasteiger partial charge in [-0.3, -0.25) is 9.59 Å². The highest BCUT2D eigenvalue weighted by Crippen LogP contribution is 2.19. The number of amides is 1. The number of carbonyl (C=O) groups excluding carboxylic acids is 1. The molecule has 1 saturated heterocycles. The van der Waals surface area contributed by atoms with Gasteiger partial charge >= 0.3 is 12.1 Å².